The Hall–Kier alpha value is -3.40. The molecule has 1 aromatic heterocycles. The van der Waals surface area contributed by atoms with Crippen molar-refractivity contribution in [2.75, 3.05) is 0 Å². The van der Waals surface area contributed by atoms with E-state index in [0.717, 1.165) is 24.8 Å². The standard InChI is InChI=1S/C22H23N3O4/c1-14-7-8-17(25(27)28)12-19(14)21-10-9-18(29-21)11-16(13-23)22(26)24-20-6-4-3-5-15(20)2/h7-12,15,20H,3-6H2,1-2H3,(H,24,26)/b16-11+/t15-,20-/m0/s1. The van der Waals surface area contributed by atoms with E-state index in [-0.39, 0.29) is 17.3 Å². The first-order valence-electron chi connectivity index (χ1n) is 9.67. The molecule has 2 aromatic rings. The number of nitro benzene ring substituents is 1. The molecule has 7 nitrogen and oxygen atoms in total. The third-order valence-electron chi connectivity index (χ3n) is 5.40. The highest BCUT2D eigenvalue weighted by atomic mass is 16.6. The lowest BCUT2D eigenvalue weighted by Gasteiger charge is -2.29. The lowest BCUT2D eigenvalue weighted by Crippen LogP contribution is -2.41. The number of carbonyl (C=O) groups excluding carboxylic acids is 1. The number of nitrogens with zero attached hydrogens (tertiary/aromatic N) is 2. The number of non-ortho nitro benzene ring substituents is 1. The highest BCUT2D eigenvalue weighted by Gasteiger charge is 2.24. The molecule has 0 aliphatic heterocycles. The SMILES string of the molecule is Cc1ccc([N+](=O)[O-])cc1-c1ccc(/C=C(\C#N)C(=O)N[C@H]2CCCC[C@@H]2C)o1. The second-order valence-electron chi connectivity index (χ2n) is 7.47. The number of nitriles is 1. The van der Waals surface area contributed by atoms with E-state index < -0.39 is 10.8 Å². The Labute approximate surface area is 169 Å². The molecule has 0 saturated heterocycles. The van der Waals surface area contributed by atoms with Gasteiger partial charge in [0, 0.05) is 29.8 Å². The van der Waals surface area contributed by atoms with E-state index in [1.54, 1.807) is 18.2 Å². The summed E-state index contributed by atoms with van der Waals surface area (Å²) in [6, 6.07) is 9.87. The predicted octanol–water partition coefficient (Wildman–Crippen LogP) is 4.77. The zero-order valence-electron chi connectivity index (χ0n) is 16.5. The van der Waals surface area contributed by atoms with Crippen LogP contribution in [0.25, 0.3) is 17.4 Å². The molecule has 2 atom stereocenters. The molecular weight excluding hydrogens is 370 g/mol. The van der Waals surface area contributed by atoms with Gasteiger partial charge in [0.15, 0.2) is 0 Å². The van der Waals surface area contributed by atoms with Crippen LogP contribution in [0.3, 0.4) is 0 Å². The molecule has 1 aromatic carbocycles. The summed E-state index contributed by atoms with van der Waals surface area (Å²) >= 11 is 0. The molecule has 0 spiro atoms. The van der Waals surface area contributed by atoms with Crippen LogP contribution >= 0.6 is 0 Å². The highest BCUT2D eigenvalue weighted by Crippen LogP contribution is 2.30. The summed E-state index contributed by atoms with van der Waals surface area (Å²) in [5.41, 5.74) is 1.36. The van der Waals surface area contributed by atoms with Crippen LogP contribution in [0, 0.1) is 34.3 Å². The quantitative estimate of drug-likeness (QED) is 0.341. The van der Waals surface area contributed by atoms with Gasteiger partial charge < -0.3 is 9.73 Å². The fourth-order valence-corrected chi connectivity index (χ4v) is 3.63. The average molecular weight is 393 g/mol. The number of benzene rings is 1. The largest absolute Gasteiger partial charge is 0.457 e. The molecule has 1 saturated carbocycles. The van der Waals surface area contributed by atoms with E-state index >= 15 is 0 Å². The number of aryl methyl sites for hydroxylation is 1. The molecular formula is C22H23N3O4. The fraction of sp³-hybridized carbons (Fsp3) is 0.364. The number of carbonyl (C=O) groups is 1. The van der Waals surface area contributed by atoms with Crippen molar-refractivity contribution in [3.8, 4) is 17.4 Å². The van der Waals surface area contributed by atoms with Crippen LogP contribution in [-0.2, 0) is 4.79 Å². The highest BCUT2D eigenvalue weighted by molar-refractivity contribution is 6.01. The molecule has 1 N–H and O–H groups in total. The number of hydrogen-bond acceptors (Lipinski definition) is 5. The zero-order chi connectivity index (χ0) is 21.0. The molecule has 1 aliphatic rings. The third-order valence-corrected chi connectivity index (χ3v) is 5.40. The molecule has 1 amide bonds. The normalized spacial score (nSPS) is 19.4. The molecule has 1 fully saturated rings. The number of rotatable bonds is 5. The van der Waals surface area contributed by atoms with Gasteiger partial charge in [-0.05, 0) is 43.4 Å². The van der Waals surface area contributed by atoms with Crippen LogP contribution in [0.2, 0.25) is 0 Å². The number of amides is 1. The van der Waals surface area contributed by atoms with Gasteiger partial charge in [-0.2, -0.15) is 5.26 Å². The van der Waals surface area contributed by atoms with Crippen LogP contribution in [0.4, 0.5) is 5.69 Å². The van der Waals surface area contributed by atoms with Gasteiger partial charge >= 0.3 is 0 Å². The minimum atomic E-state index is -0.461. The van der Waals surface area contributed by atoms with E-state index in [4.69, 9.17) is 4.42 Å². The number of hydrogen-bond donors (Lipinski definition) is 1. The van der Waals surface area contributed by atoms with Crippen LogP contribution in [0.1, 0.15) is 43.9 Å². The Morgan fingerprint density at radius 1 is 1.31 bits per heavy atom. The average Bonchev–Trinajstić information content (AvgIpc) is 3.16. The van der Waals surface area contributed by atoms with Crippen LogP contribution in [-0.4, -0.2) is 16.9 Å². The number of nitro groups is 1. The van der Waals surface area contributed by atoms with Gasteiger partial charge in [-0.15, -0.1) is 0 Å². The van der Waals surface area contributed by atoms with E-state index in [0.29, 0.717) is 23.0 Å². The Morgan fingerprint density at radius 3 is 2.76 bits per heavy atom. The molecule has 3 rings (SSSR count). The number of furan rings is 1. The summed E-state index contributed by atoms with van der Waals surface area (Å²) in [5.74, 6) is 0.765. The topological polar surface area (TPSA) is 109 Å². The Kier molecular flexibility index (Phi) is 6.13. The van der Waals surface area contributed by atoms with Gasteiger partial charge in [-0.1, -0.05) is 25.8 Å². The van der Waals surface area contributed by atoms with Gasteiger partial charge in [-0.25, -0.2) is 0 Å². The Bertz CT molecular complexity index is 1000. The Morgan fingerprint density at radius 2 is 2.07 bits per heavy atom. The van der Waals surface area contributed by atoms with E-state index in [1.807, 2.05) is 13.0 Å². The van der Waals surface area contributed by atoms with Crippen LogP contribution in [0.15, 0.2) is 40.3 Å². The zero-order valence-corrected chi connectivity index (χ0v) is 16.5. The van der Waals surface area contributed by atoms with Gasteiger partial charge in [0.2, 0.25) is 0 Å². The molecule has 7 heteroatoms. The van der Waals surface area contributed by atoms with Crippen molar-refractivity contribution in [3.05, 3.63) is 57.3 Å². The third kappa shape index (κ3) is 4.72. The fourth-order valence-electron chi connectivity index (χ4n) is 3.63. The van der Waals surface area contributed by atoms with Crippen molar-refractivity contribution in [2.24, 2.45) is 5.92 Å². The van der Waals surface area contributed by atoms with E-state index in [1.165, 1.54) is 24.6 Å². The van der Waals surface area contributed by atoms with Gasteiger partial charge in [0.05, 0.1) is 4.92 Å². The molecule has 0 radical (unpaired) electrons. The van der Waals surface area contributed by atoms with Crippen molar-refractivity contribution in [1.29, 1.82) is 5.26 Å². The Balaban J connectivity index is 1.81. The maximum Gasteiger partial charge on any atom is 0.270 e. The smallest absolute Gasteiger partial charge is 0.270 e. The second kappa shape index (κ2) is 8.74. The summed E-state index contributed by atoms with van der Waals surface area (Å²) < 4.78 is 5.75. The summed E-state index contributed by atoms with van der Waals surface area (Å²) in [6.07, 6.45) is 5.63. The first-order valence-corrected chi connectivity index (χ1v) is 9.67. The molecule has 0 bridgehead atoms. The second-order valence-corrected chi connectivity index (χ2v) is 7.47. The molecule has 1 aliphatic carbocycles. The minimum absolute atomic E-state index is 0.0283. The van der Waals surface area contributed by atoms with Crippen molar-refractivity contribution < 1.29 is 14.1 Å². The maximum atomic E-state index is 12.5. The van der Waals surface area contributed by atoms with Crippen LogP contribution < -0.4 is 5.32 Å². The van der Waals surface area contributed by atoms with E-state index in [2.05, 4.69) is 12.2 Å². The van der Waals surface area contributed by atoms with E-state index in [9.17, 15) is 20.2 Å². The predicted molar refractivity (Wildman–Crippen MR) is 109 cm³/mol. The lowest BCUT2D eigenvalue weighted by atomic mass is 9.86. The summed E-state index contributed by atoms with van der Waals surface area (Å²) in [6.45, 7) is 3.94. The monoisotopic (exact) mass is 393 g/mol. The van der Waals surface area contributed by atoms with Gasteiger partial charge in [0.25, 0.3) is 11.6 Å². The molecule has 1 heterocycles. The molecule has 29 heavy (non-hydrogen) atoms. The number of nitrogens with one attached hydrogen (secondary N) is 1. The lowest BCUT2D eigenvalue weighted by molar-refractivity contribution is -0.384. The first-order chi connectivity index (χ1) is 13.9. The van der Waals surface area contributed by atoms with Gasteiger partial charge in [0.1, 0.15) is 23.2 Å². The van der Waals surface area contributed by atoms with Crippen molar-refractivity contribution in [3.63, 3.8) is 0 Å². The van der Waals surface area contributed by atoms with Crippen molar-refractivity contribution in [1.82, 2.24) is 5.32 Å². The summed E-state index contributed by atoms with van der Waals surface area (Å²) in [5, 5.41) is 23.4. The first kappa shape index (κ1) is 20.3. The molecule has 0 unspecified atom stereocenters. The maximum absolute atomic E-state index is 12.5. The van der Waals surface area contributed by atoms with Gasteiger partial charge in [-0.3, -0.25) is 14.9 Å². The summed E-state index contributed by atoms with van der Waals surface area (Å²) in [7, 11) is 0. The molecule has 150 valence electrons. The minimum Gasteiger partial charge on any atom is -0.457 e. The van der Waals surface area contributed by atoms with Crippen molar-refractivity contribution in [2.45, 2.75) is 45.6 Å². The van der Waals surface area contributed by atoms with Crippen LogP contribution in [0.5, 0.6) is 0 Å². The summed E-state index contributed by atoms with van der Waals surface area (Å²) in [4.78, 5) is 23.1. The van der Waals surface area contributed by atoms with Crippen molar-refractivity contribution >= 4 is 17.7 Å².